The Bertz CT molecular complexity index is 1400. The van der Waals surface area contributed by atoms with Crippen molar-refractivity contribution in [2.24, 2.45) is 7.05 Å². The Morgan fingerprint density at radius 1 is 1.03 bits per heavy atom. The molecule has 0 unspecified atom stereocenters. The second kappa shape index (κ2) is 7.70. The molecular weight excluding hydrogens is 390 g/mol. The lowest BCUT2D eigenvalue weighted by molar-refractivity contribution is 0.0945. The van der Waals surface area contributed by atoms with Crippen LogP contribution in [0.4, 0.5) is 0 Å². The van der Waals surface area contributed by atoms with Gasteiger partial charge in [-0.1, -0.05) is 18.2 Å². The third-order valence-corrected chi connectivity index (χ3v) is 5.42. The molecule has 5 aromatic rings. The number of nitrogens with one attached hydrogen (secondary N) is 1. The number of rotatable bonds is 5. The van der Waals surface area contributed by atoms with Crippen LogP contribution in [0.2, 0.25) is 0 Å². The number of aromatic nitrogens is 4. The molecule has 0 aliphatic rings. The normalized spacial score (nSPS) is 11.3. The van der Waals surface area contributed by atoms with Crippen molar-refractivity contribution in [1.29, 1.82) is 0 Å². The van der Waals surface area contributed by atoms with Gasteiger partial charge < -0.3 is 15.0 Å². The summed E-state index contributed by atoms with van der Waals surface area (Å²) in [7, 11) is 2.04. The Hall–Kier alpha value is -3.97. The van der Waals surface area contributed by atoms with Crippen molar-refractivity contribution in [1.82, 2.24) is 24.3 Å². The fourth-order valence-electron chi connectivity index (χ4n) is 3.76. The molecule has 0 radical (unpaired) electrons. The van der Waals surface area contributed by atoms with Gasteiger partial charge in [-0.05, 0) is 30.3 Å². The molecule has 2 aromatic carbocycles. The molecule has 0 bridgehead atoms. The van der Waals surface area contributed by atoms with E-state index in [9.17, 15) is 4.79 Å². The number of benzene rings is 2. The fraction of sp³-hybridized carbons (Fsp3) is 0.125. The van der Waals surface area contributed by atoms with Crippen LogP contribution in [0.5, 0.6) is 0 Å². The summed E-state index contributed by atoms with van der Waals surface area (Å²) in [6.45, 7) is 0.148. The van der Waals surface area contributed by atoms with Gasteiger partial charge in [0.1, 0.15) is 0 Å². The minimum atomic E-state index is -0.211. The van der Waals surface area contributed by atoms with Crippen molar-refractivity contribution in [2.45, 2.75) is 0 Å². The van der Waals surface area contributed by atoms with Crippen LogP contribution >= 0.6 is 0 Å². The van der Waals surface area contributed by atoms with Gasteiger partial charge in [-0.3, -0.25) is 14.2 Å². The Balaban J connectivity index is 1.50. The number of aryl methyl sites for hydroxylation is 1. The number of amides is 1. The van der Waals surface area contributed by atoms with Gasteiger partial charge in [-0.15, -0.1) is 0 Å². The average Bonchev–Trinajstić information content (AvgIpc) is 3.40. The van der Waals surface area contributed by atoms with E-state index >= 15 is 0 Å². The molecular formula is C24H21N5O2. The van der Waals surface area contributed by atoms with Crippen LogP contribution in [0.1, 0.15) is 10.4 Å². The van der Waals surface area contributed by atoms with E-state index in [-0.39, 0.29) is 19.1 Å². The predicted molar refractivity (Wildman–Crippen MR) is 120 cm³/mol. The quantitative estimate of drug-likeness (QED) is 0.465. The molecule has 0 saturated heterocycles. The van der Waals surface area contributed by atoms with Gasteiger partial charge in [0.15, 0.2) is 5.65 Å². The molecule has 3 heterocycles. The predicted octanol–water partition coefficient (Wildman–Crippen LogP) is 3.28. The zero-order chi connectivity index (χ0) is 21.4. The van der Waals surface area contributed by atoms with E-state index in [4.69, 9.17) is 5.11 Å². The largest absolute Gasteiger partial charge is 0.395 e. The summed E-state index contributed by atoms with van der Waals surface area (Å²) < 4.78 is 4.14. The van der Waals surface area contributed by atoms with Gasteiger partial charge in [-0.2, -0.15) is 0 Å². The smallest absolute Gasteiger partial charge is 0.251 e. The second-order valence-electron chi connectivity index (χ2n) is 7.40. The number of carbonyl (C=O) groups excluding carboxylic acids is 1. The maximum Gasteiger partial charge on any atom is 0.251 e. The van der Waals surface area contributed by atoms with Gasteiger partial charge >= 0.3 is 0 Å². The highest BCUT2D eigenvalue weighted by Gasteiger charge is 2.11. The fourth-order valence-corrected chi connectivity index (χ4v) is 3.76. The van der Waals surface area contributed by atoms with E-state index < -0.39 is 0 Å². The van der Waals surface area contributed by atoms with E-state index in [0.29, 0.717) is 5.56 Å². The van der Waals surface area contributed by atoms with Gasteiger partial charge in [0, 0.05) is 53.6 Å². The number of aliphatic hydroxyl groups excluding tert-OH is 1. The molecule has 7 nitrogen and oxygen atoms in total. The van der Waals surface area contributed by atoms with Gasteiger partial charge in [-0.25, -0.2) is 4.98 Å². The van der Waals surface area contributed by atoms with Crippen molar-refractivity contribution < 1.29 is 9.90 Å². The third kappa shape index (κ3) is 3.45. The molecule has 0 saturated carbocycles. The minimum Gasteiger partial charge on any atom is -0.395 e. The molecule has 5 rings (SSSR count). The van der Waals surface area contributed by atoms with Crippen LogP contribution in [-0.4, -0.2) is 43.1 Å². The number of imidazole rings is 1. The Kier molecular flexibility index (Phi) is 4.72. The average molecular weight is 411 g/mol. The van der Waals surface area contributed by atoms with Crippen molar-refractivity contribution in [2.75, 3.05) is 13.2 Å². The SMILES string of the molecule is Cn1ccc2cc(-c3cnc4cnc(-c5ccc(C(=O)NCCO)cc5)cn34)ccc21. The van der Waals surface area contributed by atoms with Crippen molar-refractivity contribution in [3.8, 4) is 22.5 Å². The topological polar surface area (TPSA) is 84.5 Å². The highest BCUT2D eigenvalue weighted by atomic mass is 16.3. The van der Waals surface area contributed by atoms with Crippen LogP contribution in [0.25, 0.3) is 39.1 Å². The van der Waals surface area contributed by atoms with Crippen LogP contribution < -0.4 is 5.32 Å². The molecule has 7 heteroatoms. The summed E-state index contributed by atoms with van der Waals surface area (Å²) in [5.74, 6) is -0.211. The zero-order valence-corrected chi connectivity index (χ0v) is 17.0. The molecule has 0 aliphatic heterocycles. The van der Waals surface area contributed by atoms with Crippen LogP contribution in [0.3, 0.4) is 0 Å². The summed E-state index contributed by atoms with van der Waals surface area (Å²) in [5, 5.41) is 12.7. The summed E-state index contributed by atoms with van der Waals surface area (Å²) in [6, 6.07) is 15.7. The molecule has 0 spiro atoms. The van der Waals surface area contributed by atoms with E-state index in [0.717, 1.165) is 28.2 Å². The standard InChI is InChI=1S/C24H21N5O2/c1-28-10-8-19-12-18(6-7-21(19)28)22-13-27-23-14-26-20(15-29(22)23)16-2-4-17(5-3-16)24(31)25-9-11-30/h2-8,10,12-15,30H,9,11H2,1H3,(H,25,31). The van der Waals surface area contributed by atoms with Crippen LogP contribution in [0, 0.1) is 0 Å². The Labute approximate surface area is 178 Å². The van der Waals surface area contributed by atoms with Gasteiger partial charge in [0.05, 0.1) is 30.4 Å². The van der Waals surface area contributed by atoms with Crippen molar-refractivity contribution >= 4 is 22.5 Å². The van der Waals surface area contributed by atoms with Gasteiger partial charge in [0.2, 0.25) is 0 Å². The summed E-state index contributed by atoms with van der Waals surface area (Å²) in [4.78, 5) is 21.1. The maximum absolute atomic E-state index is 12.0. The van der Waals surface area contributed by atoms with Gasteiger partial charge in [0.25, 0.3) is 5.91 Å². The highest BCUT2D eigenvalue weighted by Crippen LogP contribution is 2.27. The number of carbonyl (C=O) groups is 1. The number of nitrogens with zero attached hydrogens (tertiary/aromatic N) is 4. The molecule has 2 N–H and O–H groups in total. The Morgan fingerprint density at radius 2 is 1.84 bits per heavy atom. The summed E-state index contributed by atoms with van der Waals surface area (Å²) >= 11 is 0. The molecule has 0 fully saturated rings. The first-order valence-corrected chi connectivity index (χ1v) is 10.0. The summed E-state index contributed by atoms with van der Waals surface area (Å²) in [6.07, 6.45) is 7.63. The number of hydrogen-bond acceptors (Lipinski definition) is 4. The van der Waals surface area contributed by atoms with Crippen LogP contribution in [-0.2, 0) is 7.05 Å². The lowest BCUT2D eigenvalue weighted by atomic mass is 10.1. The zero-order valence-electron chi connectivity index (χ0n) is 17.0. The number of fused-ring (bicyclic) bond motifs is 2. The van der Waals surface area contributed by atoms with E-state index in [1.165, 1.54) is 10.9 Å². The van der Waals surface area contributed by atoms with Crippen molar-refractivity contribution in [3.63, 3.8) is 0 Å². The lowest BCUT2D eigenvalue weighted by Gasteiger charge is -2.07. The molecule has 0 atom stereocenters. The molecule has 31 heavy (non-hydrogen) atoms. The van der Waals surface area contributed by atoms with Crippen LogP contribution in [0.15, 0.2) is 73.3 Å². The first-order chi connectivity index (χ1) is 15.1. The maximum atomic E-state index is 12.0. The number of aliphatic hydroxyl groups is 1. The second-order valence-corrected chi connectivity index (χ2v) is 7.40. The summed E-state index contributed by atoms with van der Waals surface area (Å²) in [5.41, 5.74) is 6.25. The molecule has 0 aliphatic carbocycles. The third-order valence-electron chi connectivity index (χ3n) is 5.42. The first-order valence-electron chi connectivity index (χ1n) is 10.0. The Morgan fingerprint density at radius 3 is 2.65 bits per heavy atom. The lowest BCUT2D eigenvalue weighted by Crippen LogP contribution is -2.26. The minimum absolute atomic E-state index is 0.0851. The van der Waals surface area contributed by atoms with E-state index in [1.807, 2.05) is 36.0 Å². The molecule has 3 aromatic heterocycles. The molecule has 1 amide bonds. The van der Waals surface area contributed by atoms with Crippen molar-refractivity contribution in [3.05, 3.63) is 78.9 Å². The number of hydrogen-bond donors (Lipinski definition) is 2. The monoisotopic (exact) mass is 411 g/mol. The van der Waals surface area contributed by atoms with E-state index in [2.05, 4.69) is 50.3 Å². The first kappa shape index (κ1) is 19.0. The molecule has 154 valence electrons. The van der Waals surface area contributed by atoms with E-state index in [1.54, 1.807) is 18.3 Å². The highest BCUT2D eigenvalue weighted by molar-refractivity contribution is 5.94.